The van der Waals surface area contributed by atoms with Gasteiger partial charge >= 0.3 is 0 Å². The zero-order chi connectivity index (χ0) is 19.4. The van der Waals surface area contributed by atoms with Crippen molar-refractivity contribution in [2.45, 2.75) is 20.9 Å². The summed E-state index contributed by atoms with van der Waals surface area (Å²) in [5, 5.41) is 0. The van der Waals surface area contributed by atoms with Crippen molar-refractivity contribution in [1.82, 2.24) is 15.0 Å². The molecular weight excluding hydrogens is 463 g/mol. The lowest BCUT2D eigenvalue weighted by Gasteiger charge is -2.17. The molecule has 0 atom stereocenters. The maximum Gasteiger partial charge on any atom is 0.250 e. The van der Waals surface area contributed by atoms with Gasteiger partial charge in [-0.1, -0.05) is 107 Å². The van der Waals surface area contributed by atoms with Gasteiger partial charge in [0.15, 0.2) is 23.2 Å². The van der Waals surface area contributed by atoms with Crippen LogP contribution < -0.4 is 0 Å². The van der Waals surface area contributed by atoms with E-state index in [4.69, 9.17) is 74.3 Å². The minimum atomic E-state index is -1.93. The van der Waals surface area contributed by atoms with Gasteiger partial charge in [0, 0.05) is 0 Å². The maximum atomic E-state index is 5.91. The molecule has 0 aliphatic heterocycles. The van der Waals surface area contributed by atoms with Crippen LogP contribution in [0.5, 0.6) is 0 Å². The van der Waals surface area contributed by atoms with Crippen LogP contribution in [0.25, 0.3) is 11.8 Å². The van der Waals surface area contributed by atoms with Crippen LogP contribution >= 0.6 is 69.6 Å². The third kappa shape index (κ3) is 6.29. The molecule has 10 heteroatoms. The van der Waals surface area contributed by atoms with E-state index in [9.17, 15) is 0 Å². The molecule has 0 aliphatic carbocycles. The molecule has 0 N–H and O–H groups in total. The molecule has 0 bridgehead atoms. The minimum Gasteiger partial charge on any atom is -0.490 e. The topological polar surface area (TPSA) is 47.9 Å². The van der Waals surface area contributed by atoms with Gasteiger partial charge in [-0.2, -0.15) is 0 Å². The summed E-state index contributed by atoms with van der Waals surface area (Å²) in [4.78, 5) is 12.3. The summed E-state index contributed by atoms with van der Waals surface area (Å²) >= 11 is 35.5. The van der Waals surface area contributed by atoms with Gasteiger partial charge in [-0.3, -0.25) is 0 Å². The number of ether oxygens (including phenoxy) is 1. The first-order valence-electron chi connectivity index (χ1n) is 7.41. The molecule has 0 fully saturated rings. The van der Waals surface area contributed by atoms with Gasteiger partial charge in [-0.05, 0) is 18.1 Å². The normalized spacial score (nSPS) is 13.0. The first kappa shape index (κ1) is 21.8. The van der Waals surface area contributed by atoms with Crippen molar-refractivity contribution in [2.75, 3.05) is 6.61 Å². The molecule has 1 aromatic carbocycles. The molecule has 140 valence electrons. The average molecular weight is 476 g/mol. The van der Waals surface area contributed by atoms with Crippen molar-refractivity contribution in [3.05, 3.63) is 53.4 Å². The first-order chi connectivity index (χ1) is 12.1. The standard InChI is InChI=1S/C16H13Cl6N3O/c1-2-8-26-11(9-10-6-4-3-5-7-10)12-23-13(15(17,18)19)25-14(24-12)16(20,21)22/h3-7,9H,2,8H2,1H3. The van der Waals surface area contributed by atoms with E-state index >= 15 is 0 Å². The van der Waals surface area contributed by atoms with Crippen molar-refractivity contribution in [3.8, 4) is 0 Å². The highest BCUT2D eigenvalue weighted by Crippen LogP contribution is 2.40. The van der Waals surface area contributed by atoms with Gasteiger partial charge in [-0.15, -0.1) is 0 Å². The number of hydrogen-bond acceptors (Lipinski definition) is 4. The Morgan fingerprint density at radius 2 is 1.46 bits per heavy atom. The third-order valence-electron chi connectivity index (χ3n) is 2.92. The Labute approximate surface area is 181 Å². The van der Waals surface area contributed by atoms with E-state index in [1.807, 2.05) is 37.3 Å². The second-order valence-corrected chi connectivity index (χ2v) is 9.63. The van der Waals surface area contributed by atoms with E-state index in [1.54, 1.807) is 6.08 Å². The Hall–Kier alpha value is -0.490. The quantitative estimate of drug-likeness (QED) is 0.368. The molecule has 1 heterocycles. The number of benzene rings is 1. The van der Waals surface area contributed by atoms with E-state index in [2.05, 4.69) is 15.0 Å². The summed E-state index contributed by atoms with van der Waals surface area (Å²) in [5.74, 6) is 0.0900. The number of rotatable bonds is 5. The molecule has 0 saturated heterocycles. The molecule has 0 unspecified atom stereocenters. The SMILES string of the molecule is CCCOC(=Cc1ccccc1)c1nc(C(Cl)(Cl)Cl)nc(C(Cl)(Cl)Cl)n1. The van der Waals surface area contributed by atoms with Crippen molar-refractivity contribution in [2.24, 2.45) is 0 Å². The number of hydrogen-bond donors (Lipinski definition) is 0. The second kappa shape index (κ2) is 9.13. The molecule has 1 aromatic heterocycles. The Kier molecular flexibility index (Phi) is 7.66. The zero-order valence-corrected chi connectivity index (χ0v) is 17.9. The number of nitrogens with zero attached hydrogens (tertiary/aromatic N) is 3. The molecule has 26 heavy (non-hydrogen) atoms. The molecule has 0 aliphatic rings. The van der Waals surface area contributed by atoms with Gasteiger partial charge in [-0.25, -0.2) is 15.0 Å². The molecule has 0 saturated carbocycles. The van der Waals surface area contributed by atoms with E-state index in [1.165, 1.54) is 0 Å². The van der Waals surface area contributed by atoms with Gasteiger partial charge in [0.25, 0.3) is 0 Å². The molecular formula is C16H13Cl6N3O. The monoisotopic (exact) mass is 473 g/mol. The molecule has 0 radical (unpaired) electrons. The predicted octanol–water partition coefficient (Wildman–Crippen LogP) is 6.45. The fraction of sp³-hybridized carbons (Fsp3) is 0.312. The smallest absolute Gasteiger partial charge is 0.250 e. The second-order valence-electron chi connectivity index (χ2n) is 5.07. The van der Waals surface area contributed by atoms with Gasteiger partial charge < -0.3 is 4.74 Å². The lowest BCUT2D eigenvalue weighted by molar-refractivity contribution is 0.276. The number of halogens is 6. The summed E-state index contributed by atoms with van der Waals surface area (Å²) in [6, 6.07) is 9.45. The molecule has 2 rings (SSSR count). The fourth-order valence-electron chi connectivity index (χ4n) is 1.82. The van der Waals surface area contributed by atoms with Crippen molar-refractivity contribution in [3.63, 3.8) is 0 Å². The van der Waals surface area contributed by atoms with Crippen LogP contribution in [0.2, 0.25) is 0 Å². The van der Waals surface area contributed by atoms with Crippen LogP contribution in [0, 0.1) is 0 Å². The van der Waals surface area contributed by atoms with Crippen molar-refractivity contribution < 1.29 is 4.74 Å². The van der Waals surface area contributed by atoms with E-state index in [-0.39, 0.29) is 17.5 Å². The molecule has 4 nitrogen and oxygen atoms in total. The lowest BCUT2D eigenvalue weighted by Crippen LogP contribution is -2.18. The van der Waals surface area contributed by atoms with E-state index in [0.29, 0.717) is 12.4 Å². The summed E-state index contributed by atoms with van der Waals surface area (Å²) in [6.07, 6.45) is 2.52. The number of aromatic nitrogens is 3. The summed E-state index contributed by atoms with van der Waals surface area (Å²) in [7, 11) is 0. The molecule has 0 spiro atoms. The third-order valence-corrected chi connectivity index (χ3v) is 3.94. The Morgan fingerprint density at radius 1 is 0.923 bits per heavy atom. The minimum absolute atomic E-state index is 0.0972. The van der Waals surface area contributed by atoms with Crippen molar-refractivity contribution in [1.29, 1.82) is 0 Å². The van der Waals surface area contributed by atoms with Crippen LogP contribution in [0.4, 0.5) is 0 Å². The Bertz CT molecular complexity index is 740. The summed E-state index contributed by atoms with van der Waals surface area (Å²) in [5.41, 5.74) is 0.866. The fourth-order valence-corrected chi connectivity index (χ4v) is 2.33. The largest absolute Gasteiger partial charge is 0.490 e. The van der Waals surface area contributed by atoms with Crippen LogP contribution in [0.3, 0.4) is 0 Å². The Morgan fingerprint density at radius 3 is 1.92 bits per heavy atom. The van der Waals surface area contributed by atoms with E-state index < -0.39 is 7.59 Å². The van der Waals surface area contributed by atoms with Crippen LogP contribution in [-0.2, 0) is 12.3 Å². The predicted molar refractivity (Wildman–Crippen MR) is 109 cm³/mol. The van der Waals surface area contributed by atoms with Crippen LogP contribution in [-0.4, -0.2) is 21.6 Å². The molecule has 0 amide bonds. The first-order valence-corrected chi connectivity index (χ1v) is 9.68. The highest BCUT2D eigenvalue weighted by molar-refractivity contribution is 6.67. The number of alkyl halides is 6. The van der Waals surface area contributed by atoms with Gasteiger partial charge in [0.05, 0.1) is 6.61 Å². The van der Waals surface area contributed by atoms with Gasteiger partial charge in [0.1, 0.15) is 0 Å². The average Bonchev–Trinajstić information content (AvgIpc) is 2.57. The summed E-state index contributed by atoms with van der Waals surface area (Å²) < 4.78 is 1.92. The van der Waals surface area contributed by atoms with Crippen LogP contribution in [0.1, 0.15) is 36.4 Å². The zero-order valence-electron chi connectivity index (χ0n) is 13.4. The highest BCUT2D eigenvalue weighted by Gasteiger charge is 2.34. The van der Waals surface area contributed by atoms with Gasteiger partial charge in [0.2, 0.25) is 7.59 Å². The molecule has 2 aromatic rings. The maximum absolute atomic E-state index is 5.91. The van der Waals surface area contributed by atoms with Crippen molar-refractivity contribution >= 4 is 81.4 Å². The summed E-state index contributed by atoms with van der Waals surface area (Å²) in [6.45, 7) is 2.39. The Balaban J connectivity index is 2.61. The van der Waals surface area contributed by atoms with Crippen LogP contribution in [0.15, 0.2) is 30.3 Å². The highest BCUT2D eigenvalue weighted by atomic mass is 35.6. The van der Waals surface area contributed by atoms with E-state index in [0.717, 1.165) is 12.0 Å². The lowest BCUT2D eigenvalue weighted by atomic mass is 10.2.